The molecule has 8 nitrogen and oxygen atoms in total. The van der Waals surface area contributed by atoms with Gasteiger partial charge in [-0.2, -0.15) is 0 Å². The second kappa shape index (κ2) is 6.61. The van der Waals surface area contributed by atoms with Gasteiger partial charge in [0.2, 0.25) is 11.5 Å². The molecule has 0 aromatic carbocycles. The van der Waals surface area contributed by atoms with Crippen LogP contribution in [0.2, 0.25) is 0 Å². The summed E-state index contributed by atoms with van der Waals surface area (Å²) >= 11 is 0. The van der Waals surface area contributed by atoms with E-state index in [4.69, 9.17) is 4.74 Å². The number of H-pyrrole nitrogens is 1. The van der Waals surface area contributed by atoms with E-state index in [1.807, 2.05) is 0 Å². The van der Waals surface area contributed by atoms with Crippen LogP contribution in [0.5, 0.6) is 5.75 Å². The number of pyridine rings is 1. The number of ketones is 2. The van der Waals surface area contributed by atoms with E-state index in [1.165, 1.54) is 32.2 Å². The maximum Gasteiger partial charge on any atom is 0.406 e. The molecule has 1 N–H and O–H groups in total. The van der Waals surface area contributed by atoms with Crippen molar-refractivity contribution in [3.63, 3.8) is 0 Å². The fourth-order valence-corrected chi connectivity index (χ4v) is 2.58. The number of nitrogens with zero attached hydrogens (tertiary/aromatic N) is 2. The Bertz CT molecular complexity index is 825. The van der Waals surface area contributed by atoms with Gasteiger partial charge in [0, 0.05) is 11.3 Å². The zero-order chi connectivity index (χ0) is 18.0. The first kappa shape index (κ1) is 17.3. The number of rotatable bonds is 6. The van der Waals surface area contributed by atoms with Gasteiger partial charge in [-0.3, -0.25) is 9.59 Å². The lowest BCUT2D eigenvalue weighted by atomic mass is 10.0. The number of aromatic nitrogens is 2. The summed E-state index contributed by atoms with van der Waals surface area (Å²) in [5.74, 6) is -1.09. The van der Waals surface area contributed by atoms with Crippen molar-refractivity contribution in [2.45, 2.75) is 33.8 Å². The van der Waals surface area contributed by atoms with Gasteiger partial charge in [-0.05, 0) is 55.3 Å². The standard InChI is InChI=1S/C16H17N3O5/c1-8-13(10(3)20)9(2)18-14(8)15(21)11(4)24-12-6-5-7-17-16(12)19(22)23/h5-7,11,18H,1-4H3. The summed E-state index contributed by atoms with van der Waals surface area (Å²) in [7, 11) is 0. The molecule has 24 heavy (non-hydrogen) atoms. The molecule has 2 aromatic rings. The number of aryl methyl sites for hydroxylation is 1. The summed E-state index contributed by atoms with van der Waals surface area (Å²) in [5.41, 5.74) is 1.87. The Morgan fingerprint density at radius 2 is 2.04 bits per heavy atom. The molecule has 0 aliphatic heterocycles. The molecule has 1 atom stereocenters. The van der Waals surface area contributed by atoms with E-state index in [0.717, 1.165) is 0 Å². The number of hydrogen-bond acceptors (Lipinski definition) is 6. The summed E-state index contributed by atoms with van der Waals surface area (Å²) in [4.78, 5) is 41.1. The molecule has 0 bridgehead atoms. The van der Waals surface area contributed by atoms with Crippen LogP contribution in [0.3, 0.4) is 0 Å². The van der Waals surface area contributed by atoms with E-state index in [0.29, 0.717) is 16.8 Å². The van der Waals surface area contributed by atoms with E-state index >= 15 is 0 Å². The van der Waals surface area contributed by atoms with Crippen LogP contribution < -0.4 is 4.74 Å². The highest BCUT2D eigenvalue weighted by molar-refractivity contribution is 6.04. The maximum atomic E-state index is 12.6. The van der Waals surface area contributed by atoms with Gasteiger partial charge in [0.1, 0.15) is 6.20 Å². The third-order valence-electron chi connectivity index (χ3n) is 3.63. The first-order chi connectivity index (χ1) is 11.2. The zero-order valence-electron chi connectivity index (χ0n) is 13.7. The van der Waals surface area contributed by atoms with Crippen LogP contribution in [0.4, 0.5) is 5.82 Å². The fourth-order valence-electron chi connectivity index (χ4n) is 2.58. The van der Waals surface area contributed by atoms with Gasteiger partial charge in [-0.15, -0.1) is 0 Å². The van der Waals surface area contributed by atoms with Gasteiger partial charge in [-0.1, -0.05) is 0 Å². The highest BCUT2D eigenvalue weighted by atomic mass is 16.6. The van der Waals surface area contributed by atoms with Crippen molar-refractivity contribution in [3.8, 4) is 5.75 Å². The molecule has 2 aromatic heterocycles. The summed E-state index contributed by atoms with van der Waals surface area (Å²) < 4.78 is 5.43. The molecule has 2 rings (SSSR count). The Balaban J connectivity index is 2.30. The number of aromatic amines is 1. The number of nitrogens with one attached hydrogen (secondary N) is 1. The van der Waals surface area contributed by atoms with E-state index in [2.05, 4.69) is 9.97 Å². The number of hydrogen-bond donors (Lipinski definition) is 1. The smallest absolute Gasteiger partial charge is 0.406 e. The van der Waals surface area contributed by atoms with Gasteiger partial charge >= 0.3 is 5.82 Å². The second-order valence-corrected chi connectivity index (χ2v) is 5.39. The Labute approximate surface area is 138 Å². The monoisotopic (exact) mass is 331 g/mol. The van der Waals surface area contributed by atoms with Crippen LogP contribution in [0.15, 0.2) is 18.3 Å². The number of carbonyl (C=O) groups is 2. The molecule has 0 aliphatic carbocycles. The molecule has 8 heteroatoms. The molecule has 0 spiro atoms. The van der Waals surface area contributed by atoms with Crippen molar-refractivity contribution >= 4 is 17.4 Å². The SMILES string of the molecule is CC(=O)c1c(C)[nH]c(C(=O)C(C)Oc2cccnc2[N+](=O)[O-])c1C. The molecule has 0 aliphatic rings. The maximum absolute atomic E-state index is 12.6. The number of nitro groups is 1. The molecule has 0 amide bonds. The van der Waals surface area contributed by atoms with Gasteiger partial charge in [-0.25, -0.2) is 0 Å². The van der Waals surface area contributed by atoms with Crippen molar-refractivity contribution < 1.29 is 19.2 Å². The molecule has 126 valence electrons. The largest absolute Gasteiger partial charge is 0.474 e. The normalized spacial score (nSPS) is 11.8. The highest BCUT2D eigenvalue weighted by Gasteiger charge is 2.27. The molecular formula is C16H17N3O5. The summed E-state index contributed by atoms with van der Waals surface area (Å²) in [6.07, 6.45) is 0.291. The molecule has 2 heterocycles. The number of ether oxygens (including phenoxy) is 1. The lowest BCUT2D eigenvalue weighted by molar-refractivity contribution is -0.390. The third kappa shape index (κ3) is 3.17. The van der Waals surface area contributed by atoms with Gasteiger partial charge in [0.05, 0.1) is 5.69 Å². The van der Waals surface area contributed by atoms with Crippen LogP contribution >= 0.6 is 0 Å². The first-order valence-corrected chi connectivity index (χ1v) is 7.24. The highest BCUT2D eigenvalue weighted by Crippen LogP contribution is 2.26. The zero-order valence-corrected chi connectivity index (χ0v) is 13.7. The Morgan fingerprint density at radius 3 is 2.58 bits per heavy atom. The van der Waals surface area contributed by atoms with Crippen LogP contribution in [0.25, 0.3) is 0 Å². The Hall–Kier alpha value is -3.03. The quantitative estimate of drug-likeness (QED) is 0.494. The van der Waals surface area contributed by atoms with Crippen LogP contribution in [0.1, 0.15) is 46.0 Å². The van der Waals surface area contributed by atoms with Crippen molar-refractivity contribution in [1.82, 2.24) is 9.97 Å². The van der Waals surface area contributed by atoms with Gasteiger partial charge < -0.3 is 19.8 Å². The van der Waals surface area contributed by atoms with Gasteiger partial charge in [0.25, 0.3) is 0 Å². The van der Waals surface area contributed by atoms with E-state index < -0.39 is 22.6 Å². The minimum atomic E-state index is -0.982. The first-order valence-electron chi connectivity index (χ1n) is 7.24. The van der Waals surface area contributed by atoms with Crippen molar-refractivity contribution in [3.05, 3.63) is 51.0 Å². The van der Waals surface area contributed by atoms with Crippen molar-refractivity contribution in [2.75, 3.05) is 0 Å². The molecule has 0 saturated carbocycles. The van der Waals surface area contributed by atoms with E-state index in [1.54, 1.807) is 13.8 Å². The minimum absolute atomic E-state index is 0.0870. The van der Waals surface area contributed by atoms with Gasteiger partial charge in [0.15, 0.2) is 11.9 Å². The number of Topliss-reactive ketones (excluding diaryl/α,β-unsaturated/α-hetero) is 2. The minimum Gasteiger partial charge on any atom is -0.474 e. The lowest BCUT2D eigenvalue weighted by Gasteiger charge is -2.13. The average Bonchev–Trinajstić information content (AvgIpc) is 2.81. The summed E-state index contributed by atoms with van der Waals surface area (Å²) in [6.45, 7) is 6.29. The van der Waals surface area contributed by atoms with E-state index in [9.17, 15) is 19.7 Å². The third-order valence-corrected chi connectivity index (χ3v) is 3.63. The lowest BCUT2D eigenvalue weighted by Crippen LogP contribution is -2.25. The molecule has 0 saturated heterocycles. The molecule has 0 radical (unpaired) electrons. The summed E-state index contributed by atoms with van der Waals surface area (Å²) in [6, 6.07) is 2.86. The second-order valence-electron chi connectivity index (χ2n) is 5.39. The van der Waals surface area contributed by atoms with Crippen LogP contribution in [-0.4, -0.2) is 32.6 Å². The molecule has 1 unspecified atom stereocenters. The topological polar surface area (TPSA) is 115 Å². The Morgan fingerprint density at radius 1 is 1.38 bits per heavy atom. The van der Waals surface area contributed by atoms with Crippen molar-refractivity contribution in [1.29, 1.82) is 0 Å². The van der Waals surface area contributed by atoms with Crippen molar-refractivity contribution in [2.24, 2.45) is 0 Å². The predicted octanol–water partition coefficient (Wildman–Crippen LogP) is 2.79. The van der Waals surface area contributed by atoms with Crippen LogP contribution in [-0.2, 0) is 0 Å². The number of carbonyl (C=O) groups excluding carboxylic acids is 2. The predicted molar refractivity (Wildman–Crippen MR) is 85.6 cm³/mol. The molecule has 0 fully saturated rings. The fraction of sp³-hybridized carbons (Fsp3) is 0.312. The summed E-state index contributed by atoms with van der Waals surface area (Å²) in [5, 5.41) is 11.0. The van der Waals surface area contributed by atoms with Crippen LogP contribution in [0, 0.1) is 24.0 Å². The van der Waals surface area contributed by atoms with E-state index in [-0.39, 0.29) is 17.2 Å². The Kier molecular flexibility index (Phi) is 4.77. The average molecular weight is 331 g/mol. The molecular weight excluding hydrogens is 314 g/mol.